The van der Waals surface area contributed by atoms with Gasteiger partial charge in [0.1, 0.15) is 4.21 Å². The first-order valence-electron chi connectivity index (χ1n) is 5.90. The summed E-state index contributed by atoms with van der Waals surface area (Å²) in [5.41, 5.74) is 0.990. The summed E-state index contributed by atoms with van der Waals surface area (Å²) in [6.07, 6.45) is 0. The topological polar surface area (TPSA) is 58.2 Å². The number of aryl methyl sites for hydroxylation is 1. The van der Waals surface area contributed by atoms with Crippen molar-refractivity contribution in [3.8, 4) is 0 Å². The molecule has 2 N–H and O–H groups in total. The van der Waals surface area contributed by atoms with Crippen molar-refractivity contribution in [2.24, 2.45) is 0 Å². The van der Waals surface area contributed by atoms with Crippen molar-refractivity contribution in [2.45, 2.75) is 24.2 Å². The van der Waals surface area contributed by atoms with Crippen molar-refractivity contribution in [2.75, 3.05) is 7.05 Å². The molecule has 8 heteroatoms. The zero-order valence-corrected chi connectivity index (χ0v) is 14.3. The molecule has 0 amide bonds. The van der Waals surface area contributed by atoms with Gasteiger partial charge >= 0.3 is 0 Å². The van der Waals surface area contributed by atoms with Gasteiger partial charge in [-0.3, -0.25) is 0 Å². The summed E-state index contributed by atoms with van der Waals surface area (Å²) in [5.74, 6) is 0. The van der Waals surface area contributed by atoms with Crippen LogP contribution in [0.15, 0.2) is 22.4 Å². The zero-order valence-electron chi connectivity index (χ0n) is 11.1. The van der Waals surface area contributed by atoms with E-state index in [1.54, 1.807) is 12.1 Å². The van der Waals surface area contributed by atoms with Crippen molar-refractivity contribution >= 4 is 44.3 Å². The molecule has 0 bridgehead atoms. The first-order chi connectivity index (χ1) is 9.42. The third kappa shape index (κ3) is 3.81. The highest BCUT2D eigenvalue weighted by Gasteiger charge is 2.18. The van der Waals surface area contributed by atoms with Crippen LogP contribution >= 0.6 is 34.3 Å². The van der Waals surface area contributed by atoms with E-state index in [1.165, 1.54) is 22.7 Å². The number of hydrogen-bond acceptors (Lipinski definition) is 5. The van der Waals surface area contributed by atoms with Crippen molar-refractivity contribution < 1.29 is 8.42 Å². The molecule has 2 heterocycles. The zero-order chi connectivity index (χ0) is 14.8. The van der Waals surface area contributed by atoms with Crippen LogP contribution in [0, 0.1) is 6.92 Å². The molecule has 2 rings (SSSR count). The van der Waals surface area contributed by atoms with E-state index in [0.717, 1.165) is 15.3 Å². The van der Waals surface area contributed by atoms with Crippen LogP contribution in [0.2, 0.25) is 4.34 Å². The average Bonchev–Trinajstić information content (AvgIpc) is 2.95. The van der Waals surface area contributed by atoms with Crippen LogP contribution < -0.4 is 10.0 Å². The van der Waals surface area contributed by atoms with E-state index in [4.69, 9.17) is 11.6 Å². The van der Waals surface area contributed by atoms with E-state index in [0.29, 0.717) is 15.1 Å². The van der Waals surface area contributed by atoms with E-state index < -0.39 is 10.0 Å². The molecule has 0 fully saturated rings. The fourth-order valence-corrected chi connectivity index (χ4v) is 5.41. The summed E-state index contributed by atoms with van der Waals surface area (Å²) in [6, 6.07) is 5.29. The number of thiophene rings is 2. The van der Waals surface area contributed by atoms with E-state index in [-0.39, 0.29) is 6.54 Å². The van der Waals surface area contributed by atoms with Gasteiger partial charge in [-0.05, 0) is 37.7 Å². The lowest BCUT2D eigenvalue weighted by atomic mass is 10.3. The standard InChI is InChI=1S/C12H15ClN2O2S3/c1-8-5-12(19-10(8)7-14-2)20(16,17)15-6-9-3-4-11(13)18-9/h3-5,14-15H,6-7H2,1-2H3. The van der Waals surface area contributed by atoms with Gasteiger partial charge in [-0.1, -0.05) is 11.6 Å². The van der Waals surface area contributed by atoms with E-state index in [9.17, 15) is 8.42 Å². The van der Waals surface area contributed by atoms with Crippen LogP contribution in [0.1, 0.15) is 15.3 Å². The smallest absolute Gasteiger partial charge is 0.250 e. The van der Waals surface area contributed by atoms with Gasteiger partial charge < -0.3 is 5.32 Å². The second kappa shape index (κ2) is 6.55. The van der Waals surface area contributed by atoms with E-state index >= 15 is 0 Å². The predicted octanol–water partition coefficient (Wildman–Crippen LogP) is 2.97. The number of rotatable bonds is 6. The van der Waals surface area contributed by atoms with Crippen LogP contribution in [0.25, 0.3) is 0 Å². The molecule has 0 radical (unpaired) electrons. The van der Waals surface area contributed by atoms with Crippen molar-refractivity contribution in [3.05, 3.63) is 37.9 Å². The molecule has 2 aromatic heterocycles. The minimum atomic E-state index is -3.46. The summed E-state index contributed by atoms with van der Waals surface area (Å²) in [6.45, 7) is 2.85. The maximum Gasteiger partial charge on any atom is 0.250 e. The van der Waals surface area contributed by atoms with Gasteiger partial charge in [0, 0.05) is 22.8 Å². The minimum absolute atomic E-state index is 0.262. The third-order valence-electron chi connectivity index (χ3n) is 2.67. The summed E-state index contributed by atoms with van der Waals surface area (Å²) in [7, 11) is -1.63. The molecule has 0 aliphatic heterocycles. The summed E-state index contributed by atoms with van der Waals surface area (Å²) < 4.78 is 28.1. The Morgan fingerprint density at radius 2 is 2.00 bits per heavy atom. The van der Waals surface area contributed by atoms with Crippen LogP contribution in [-0.4, -0.2) is 15.5 Å². The second-order valence-corrected chi connectivity index (χ2v) is 9.16. The molecule has 110 valence electrons. The molecular weight excluding hydrogens is 336 g/mol. The molecule has 4 nitrogen and oxygen atoms in total. The maximum atomic E-state index is 12.2. The monoisotopic (exact) mass is 350 g/mol. The Morgan fingerprint density at radius 1 is 1.25 bits per heavy atom. The van der Waals surface area contributed by atoms with Gasteiger partial charge in [-0.2, -0.15) is 0 Å². The van der Waals surface area contributed by atoms with Crippen molar-refractivity contribution in [1.29, 1.82) is 0 Å². The normalized spacial score (nSPS) is 11.9. The SMILES string of the molecule is CNCc1sc(S(=O)(=O)NCc2ccc(Cl)s2)cc1C. The lowest BCUT2D eigenvalue weighted by Crippen LogP contribution is -2.21. The predicted molar refractivity (Wildman–Crippen MR) is 85.2 cm³/mol. The number of sulfonamides is 1. The number of nitrogens with one attached hydrogen (secondary N) is 2. The Morgan fingerprint density at radius 3 is 2.60 bits per heavy atom. The fourth-order valence-electron chi connectivity index (χ4n) is 1.64. The molecule has 0 aliphatic rings. The largest absolute Gasteiger partial charge is 0.315 e. The molecule has 0 spiro atoms. The highest BCUT2D eigenvalue weighted by molar-refractivity contribution is 7.91. The van der Waals surface area contributed by atoms with Crippen LogP contribution in [0.5, 0.6) is 0 Å². The highest BCUT2D eigenvalue weighted by atomic mass is 35.5. The number of halogens is 1. The first-order valence-corrected chi connectivity index (χ1v) is 9.39. The Balaban J connectivity index is 2.11. The van der Waals surface area contributed by atoms with Crippen LogP contribution in [-0.2, 0) is 23.1 Å². The average molecular weight is 351 g/mol. The lowest BCUT2D eigenvalue weighted by molar-refractivity contribution is 0.584. The maximum absolute atomic E-state index is 12.2. The van der Waals surface area contributed by atoms with Gasteiger partial charge in [-0.25, -0.2) is 13.1 Å². The molecule has 20 heavy (non-hydrogen) atoms. The minimum Gasteiger partial charge on any atom is -0.315 e. The summed E-state index contributed by atoms with van der Waals surface area (Å²) >= 11 is 8.49. The molecular formula is C12H15ClN2O2S3. The Hall–Kier alpha value is -0.440. The van der Waals surface area contributed by atoms with Gasteiger partial charge in [-0.15, -0.1) is 22.7 Å². The van der Waals surface area contributed by atoms with E-state index in [1.807, 2.05) is 20.0 Å². The van der Waals surface area contributed by atoms with Gasteiger partial charge in [0.05, 0.1) is 4.34 Å². The second-order valence-electron chi connectivity index (χ2n) is 4.23. The number of hydrogen-bond donors (Lipinski definition) is 2. The molecule has 0 saturated carbocycles. The molecule has 0 aromatic carbocycles. The third-order valence-corrected chi connectivity index (χ3v) is 7.01. The van der Waals surface area contributed by atoms with Crippen LogP contribution in [0.4, 0.5) is 0 Å². The molecule has 2 aromatic rings. The molecule has 0 atom stereocenters. The summed E-state index contributed by atoms with van der Waals surface area (Å²) in [5, 5.41) is 3.03. The molecule has 0 aliphatic carbocycles. The van der Waals surface area contributed by atoms with E-state index in [2.05, 4.69) is 10.0 Å². The Bertz CT molecular complexity index is 691. The van der Waals surface area contributed by atoms with Gasteiger partial charge in [0.2, 0.25) is 10.0 Å². The van der Waals surface area contributed by atoms with Crippen molar-refractivity contribution in [1.82, 2.24) is 10.0 Å². The first kappa shape index (κ1) is 15.9. The Labute approximate surface area is 131 Å². The highest BCUT2D eigenvalue weighted by Crippen LogP contribution is 2.26. The van der Waals surface area contributed by atoms with Gasteiger partial charge in [0.25, 0.3) is 0 Å². The van der Waals surface area contributed by atoms with Crippen molar-refractivity contribution in [3.63, 3.8) is 0 Å². The quantitative estimate of drug-likeness (QED) is 0.842. The van der Waals surface area contributed by atoms with Crippen LogP contribution in [0.3, 0.4) is 0 Å². The lowest BCUT2D eigenvalue weighted by Gasteiger charge is -2.02. The molecule has 0 saturated heterocycles. The molecule has 0 unspecified atom stereocenters. The van der Waals surface area contributed by atoms with Gasteiger partial charge in [0.15, 0.2) is 0 Å². The summed E-state index contributed by atoms with van der Waals surface area (Å²) in [4.78, 5) is 1.93. The fraction of sp³-hybridized carbons (Fsp3) is 0.333. The Kier molecular flexibility index (Phi) is 5.22.